The molecule has 2 unspecified atom stereocenters. The van der Waals surface area contributed by atoms with Crippen molar-refractivity contribution in [3.8, 4) is 0 Å². The van der Waals surface area contributed by atoms with Crippen LogP contribution in [0.15, 0.2) is 16.8 Å². The first-order valence-corrected chi connectivity index (χ1v) is 6.44. The Morgan fingerprint density at radius 1 is 1.45 bits per heavy atom. The Morgan fingerprint density at radius 2 is 2.25 bits per heavy atom. The summed E-state index contributed by atoms with van der Waals surface area (Å²) >= 11 is 0. The van der Waals surface area contributed by atoms with Crippen molar-refractivity contribution in [2.24, 2.45) is 0 Å². The number of anilines is 1. The molecule has 3 rings (SSSR count). The molecule has 20 heavy (non-hydrogen) atoms. The smallest absolute Gasteiger partial charge is 0.300 e. The van der Waals surface area contributed by atoms with E-state index in [2.05, 4.69) is 20.3 Å². The van der Waals surface area contributed by atoms with Crippen LogP contribution < -0.4 is 5.32 Å². The molecule has 1 aliphatic rings. The van der Waals surface area contributed by atoms with Gasteiger partial charge in [-0.2, -0.15) is 0 Å². The van der Waals surface area contributed by atoms with Crippen molar-refractivity contribution in [3.63, 3.8) is 0 Å². The molecular formula is C12H14N4O4. The second-order valence-corrected chi connectivity index (χ2v) is 4.84. The fraction of sp³-hybridized carbons (Fsp3) is 0.500. The lowest BCUT2D eigenvalue weighted by Gasteiger charge is -2.20. The highest BCUT2D eigenvalue weighted by Crippen LogP contribution is 2.30. The number of hydrogen-bond acceptors (Lipinski definition) is 7. The number of ether oxygens (including phenoxy) is 1. The van der Waals surface area contributed by atoms with Crippen molar-refractivity contribution in [2.75, 3.05) is 11.9 Å². The maximum atomic E-state index is 10.9. The maximum Gasteiger partial charge on any atom is 0.300 e. The van der Waals surface area contributed by atoms with E-state index in [1.54, 1.807) is 6.07 Å². The molecule has 1 aromatic carbocycles. The zero-order chi connectivity index (χ0) is 14.1. The number of hydrogen-bond donors (Lipinski definition) is 1. The van der Waals surface area contributed by atoms with E-state index in [0.717, 1.165) is 19.4 Å². The summed E-state index contributed by atoms with van der Waals surface area (Å²) in [6.45, 7) is 2.79. The lowest BCUT2D eigenvalue weighted by atomic mass is 10.1. The van der Waals surface area contributed by atoms with Gasteiger partial charge in [0.2, 0.25) is 5.52 Å². The normalized spacial score (nSPS) is 20.1. The zero-order valence-corrected chi connectivity index (χ0v) is 10.9. The van der Waals surface area contributed by atoms with E-state index in [1.165, 1.54) is 6.07 Å². The van der Waals surface area contributed by atoms with Crippen molar-refractivity contribution in [3.05, 3.63) is 22.2 Å². The van der Waals surface area contributed by atoms with Gasteiger partial charge in [0.15, 0.2) is 5.52 Å². The first kappa shape index (κ1) is 12.8. The molecule has 1 saturated heterocycles. The monoisotopic (exact) mass is 278 g/mol. The Bertz CT molecular complexity index is 635. The number of nitro groups is 1. The third-order valence-corrected chi connectivity index (χ3v) is 3.50. The van der Waals surface area contributed by atoms with Crippen molar-refractivity contribution in [1.29, 1.82) is 0 Å². The molecule has 0 radical (unpaired) electrons. The highest BCUT2D eigenvalue weighted by Gasteiger charge is 2.25. The third kappa shape index (κ3) is 2.18. The van der Waals surface area contributed by atoms with E-state index in [4.69, 9.17) is 4.74 Å². The zero-order valence-electron chi connectivity index (χ0n) is 10.9. The molecule has 0 spiro atoms. The number of nitrogens with one attached hydrogen (secondary N) is 1. The van der Waals surface area contributed by atoms with Crippen LogP contribution in [0.3, 0.4) is 0 Å². The number of nitrogens with zero attached hydrogens (tertiary/aromatic N) is 3. The van der Waals surface area contributed by atoms with Crippen LogP contribution in [-0.4, -0.2) is 34.0 Å². The van der Waals surface area contributed by atoms with Gasteiger partial charge in [-0.25, -0.2) is 4.63 Å². The average Bonchev–Trinajstić information content (AvgIpc) is 3.10. The maximum absolute atomic E-state index is 10.9. The van der Waals surface area contributed by atoms with E-state index < -0.39 is 4.92 Å². The molecule has 1 aliphatic heterocycles. The van der Waals surface area contributed by atoms with Gasteiger partial charge in [0.05, 0.1) is 16.7 Å². The Hall–Kier alpha value is -2.22. The molecule has 0 saturated carbocycles. The molecule has 0 amide bonds. The standard InChI is InChI=1S/C12H14N4O4/c1-7(10-3-2-6-19-10)13-8-4-5-9(16(17)18)12-11(8)14-20-15-12/h4-5,7,10,13H,2-3,6H2,1H3. The summed E-state index contributed by atoms with van der Waals surface area (Å²) in [5, 5.41) is 21.5. The summed E-state index contributed by atoms with van der Waals surface area (Å²) < 4.78 is 10.2. The highest BCUT2D eigenvalue weighted by molar-refractivity contribution is 5.93. The molecule has 8 nitrogen and oxygen atoms in total. The van der Waals surface area contributed by atoms with E-state index in [0.29, 0.717) is 11.2 Å². The molecule has 0 aliphatic carbocycles. The summed E-state index contributed by atoms with van der Waals surface area (Å²) in [6.07, 6.45) is 2.19. The quantitative estimate of drug-likeness (QED) is 0.674. The van der Waals surface area contributed by atoms with Crippen LogP contribution in [0.25, 0.3) is 11.0 Å². The Balaban J connectivity index is 1.90. The number of rotatable bonds is 4. The van der Waals surface area contributed by atoms with Crippen LogP contribution in [-0.2, 0) is 4.74 Å². The van der Waals surface area contributed by atoms with Gasteiger partial charge >= 0.3 is 5.69 Å². The van der Waals surface area contributed by atoms with Crippen LogP contribution in [0.5, 0.6) is 0 Å². The Kier molecular flexibility index (Phi) is 3.23. The van der Waals surface area contributed by atoms with E-state index >= 15 is 0 Å². The first-order chi connectivity index (χ1) is 9.66. The fourth-order valence-electron chi connectivity index (χ4n) is 2.45. The summed E-state index contributed by atoms with van der Waals surface area (Å²) in [5.41, 5.74) is 1.06. The van der Waals surface area contributed by atoms with Gasteiger partial charge in [-0.3, -0.25) is 10.1 Å². The summed E-state index contributed by atoms with van der Waals surface area (Å²) in [4.78, 5) is 10.4. The second kappa shape index (κ2) is 5.04. The van der Waals surface area contributed by atoms with Gasteiger partial charge in [-0.15, -0.1) is 0 Å². The molecule has 1 N–H and O–H groups in total. The molecular weight excluding hydrogens is 264 g/mol. The van der Waals surface area contributed by atoms with Crippen molar-refractivity contribution >= 4 is 22.4 Å². The summed E-state index contributed by atoms with van der Waals surface area (Å²) in [6, 6.07) is 3.10. The van der Waals surface area contributed by atoms with Gasteiger partial charge in [-0.1, -0.05) is 0 Å². The number of fused-ring (bicyclic) bond motifs is 1. The minimum absolute atomic E-state index is 0.0823. The van der Waals surface area contributed by atoms with Crippen LogP contribution in [0, 0.1) is 10.1 Å². The van der Waals surface area contributed by atoms with Gasteiger partial charge in [-0.05, 0) is 36.1 Å². The molecule has 2 aromatic rings. The number of aromatic nitrogens is 2. The Morgan fingerprint density at radius 3 is 2.95 bits per heavy atom. The highest BCUT2D eigenvalue weighted by atomic mass is 16.6. The largest absolute Gasteiger partial charge is 0.378 e. The summed E-state index contributed by atoms with van der Waals surface area (Å²) in [7, 11) is 0. The van der Waals surface area contributed by atoms with Crippen LogP contribution in [0.2, 0.25) is 0 Å². The van der Waals surface area contributed by atoms with Crippen LogP contribution >= 0.6 is 0 Å². The molecule has 2 atom stereocenters. The van der Waals surface area contributed by atoms with Crippen molar-refractivity contribution < 1.29 is 14.3 Å². The van der Waals surface area contributed by atoms with Crippen molar-refractivity contribution in [1.82, 2.24) is 10.3 Å². The van der Waals surface area contributed by atoms with Crippen molar-refractivity contribution in [2.45, 2.75) is 31.9 Å². The van der Waals surface area contributed by atoms with E-state index in [1.807, 2.05) is 6.92 Å². The van der Waals surface area contributed by atoms with E-state index in [9.17, 15) is 10.1 Å². The molecule has 8 heteroatoms. The lowest BCUT2D eigenvalue weighted by molar-refractivity contribution is -0.383. The van der Waals surface area contributed by atoms with Crippen LogP contribution in [0.1, 0.15) is 19.8 Å². The van der Waals surface area contributed by atoms with Gasteiger partial charge in [0.25, 0.3) is 0 Å². The molecule has 106 valence electrons. The molecule has 0 bridgehead atoms. The SMILES string of the molecule is CC(Nc1ccc([N+](=O)[O-])c2nonc12)C1CCCO1. The average molecular weight is 278 g/mol. The third-order valence-electron chi connectivity index (χ3n) is 3.50. The van der Waals surface area contributed by atoms with Crippen LogP contribution in [0.4, 0.5) is 11.4 Å². The number of nitro benzene ring substituents is 1. The minimum atomic E-state index is -0.500. The number of non-ortho nitro benzene ring substituents is 1. The second-order valence-electron chi connectivity index (χ2n) is 4.84. The fourth-order valence-corrected chi connectivity index (χ4v) is 2.45. The molecule has 1 fully saturated rings. The molecule has 1 aromatic heterocycles. The topological polar surface area (TPSA) is 103 Å². The predicted octanol–water partition coefficient (Wildman–Crippen LogP) is 2.11. The number of benzene rings is 1. The van der Waals surface area contributed by atoms with Gasteiger partial charge in [0, 0.05) is 18.7 Å². The van der Waals surface area contributed by atoms with Gasteiger partial charge < -0.3 is 10.1 Å². The lowest BCUT2D eigenvalue weighted by Crippen LogP contribution is -2.30. The first-order valence-electron chi connectivity index (χ1n) is 6.44. The molecule has 2 heterocycles. The predicted molar refractivity (Wildman–Crippen MR) is 70.5 cm³/mol. The Labute approximate surface area is 114 Å². The summed E-state index contributed by atoms with van der Waals surface area (Å²) in [5.74, 6) is 0. The minimum Gasteiger partial charge on any atom is -0.378 e. The van der Waals surface area contributed by atoms with Gasteiger partial charge in [0.1, 0.15) is 0 Å². The van der Waals surface area contributed by atoms with E-state index in [-0.39, 0.29) is 23.3 Å².